The molecule has 0 aliphatic carbocycles. The van der Waals surface area contributed by atoms with Gasteiger partial charge in [-0.25, -0.2) is 4.79 Å². The largest absolute Gasteiger partial charge is 0.496 e. The lowest BCUT2D eigenvalue weighted by molar-refractivity contribution is -0.0487. The molecule has 0 amide bonds. The zero-order chi connectivity index (χ0) is 22.8. The zero-order valence-corrected chi connectivity index (χ0v) is 19.2. The Morgan fingerprint density at radius 2 is 2.00 bits per heavy atom. The number of hydrogen-bond acceptors (Lipinski definition) is 4. The number of aryl methyl sites for hydroxylation is 1. The van der Waals surface area contributed by atoms with Crippen LogP contribution in [-0.2, 0) is 11.3 Å². The first-order chi connectivity index (χ1) is 15.4. The Hall–Kier alpha value is -2.83. The summed E-state index contributed by atoms with van der Waals surface area (Å²) in [5.41, 5.74) is 4.89. The van der Waals surface area contributed by atoms with E-state index in [2.05, 4.69) is 35.9 Å². The van der Waals surface area contributed by atoms with E-state index in [1.165, 1.54) is 10.9 Å². The monoisotopic (exact) mass is 436 g/mol. The highest BCUT2D eigenvalue weighted by atomic mass is 16.5. The fraction of sp³-hybridized carbons (Fsp3) is 0.423. The predicted octanol–water partition coefficient (Wildman–Crippen LogP) is 5.17. The van der Waals surface area contributed by atoms with E-state index < -0.39 is 5.97 Å². The van der Waals surface area contributed by atoms with Crippen molar-refractivity contribution in [1.29, 1.82) is 0 Å². The van der Waals surface area contributed by atoms with Gasteiger partial charge in [0.15, 0.2) is 0 Å². The lowest BCUT2D eigenvalue weighted by atomic mass is 9.86. The molecule has 0 radical (unpaired) electrons. The van der Waals surface area contributed by atoms with Gasteiger partial charge >= 0.3 is 5.97 Å². The molecule has 1 aliphatic rings. The van der Waals surface area contributed by atoms with Crippen molar-refractivity contribution < 1.29 is 19.4 Å². The number of piperidine rings is 1. The third-order valence-corrected chi connectivity index (χ3v) is 6.67. The van der Waals surface area contributed by atoms with Gasteiger partial charge in [-0.15, -0.1) is 0 Å². The summed E-state index contributed by atoms with van der Waals surface area (Å²) >= 11 is 0. The van der Waals surface area contributed by atoms with Crippen LogP contribution < -0.4 is 4.74 Å². The minimum Gasteiger partial charge on any atom is -0.496 e. The molecule has 1 fully saturated rings. The highest BCUT2D eigenvalue weighted by molar-refractivity contribution is 5.88. The number of rotatable bonds is 7. The molecule has 6 heteroatoms. The van der Waals surface area contributed by atoms with Crippen molar-refractivity contribution in [1.82, 2.24) is 9.88 Å². The molecule has 1 aromatic heterocycles. The molecule has 2 N–H and O–H groups in total. The summed E-state index contributed by atoms with van der Waals surface area (Å²) in [5.74, 6) is 0.383. The number of benzene rings is 2. The number of aromatic carboxylic acids is 1. The maximum atomic E-state index is 11.3. The van der Waals surface area contributed by atoms with Crippen molar-refractivity contribution in [2.24, 2.45) is 5.92 Å². The highest BCUT2D eigenvalue weighted by Gasteiger charge is 2.35. The van der Waals surface area contributed by atoms with Crippen LogP contribution in [0, 0.1) is 12.8 Å². The van der Waals surface area contributed by atoms with Gasteiger partial charge < -0.3 is 19.6 Å². The number of H-pyrrole nitrogens is 1. The van der Waals surface area contributed by atoms with E-state index in [0.717, 1.165) is 41.9 Å². The number of carboxylic acids is 1. The molecule has 0 spiro atoms. The van der Waals surface area contributed by atoms with Gasteiger partial charge in [0.2, 0.25) is 0 Å². The van der Waals surface area contributed by atoms with E-state index in [1.54, 1.807) is 19.2 Å². The Bertz CT molecular complexity index is 1090. The van der Waals surface area contributed by atoms with Crippen LogP contribution in [0.4, 0.5) is 0 Å². The Kier molecular flexibility index (Phi) is 6.53. The van der Waals surface area contributed by atoms with Gasteiger partial charge in [0.25, 0.3) is 0 Å². The average Bonchev–Trinajstić information content (AvgIpc) is 3.28. The van der Waals surface area contributed by atoms with Gasteiger partial charge in [-0.05, 0) is 61.6 Å². The van der Waals surface area contributed by atoms with E-state index in [4.69, 9.17) is 9.47 Å². The van der Waals surface area contributed by atoms with Crippen molar-refractivity contribution in [3.8, 4) is 5.75 Å². The summed E-state index contributed by atoms with van der Waals surface area (Å²) < 4.78 is 11.9. The second kappa shape index (κ2) is 9.35. The van der Waals surface area contributed by atoms with Crippen molar-refractivity contribution in [3.05, 3.63) is 64.8 Å². The first-order valence-electron chi connectivity index (χ1n) is 11.2. The van der Waals surface area contributed by atoms with E-state index in [-0.39, 0.29) is 12.1 Å². The first kappa shape index (κ1) is 22.4. The lowest BCUT2D eigenvalue weighted by Crippen LogP contribution is -2.44. The quantitative estimate of drug-likeness (QED) is 0.534. The first-order valence-corrected chi connectivity index (χ1v) is 11.2. The van der Waals surface area contributed by atoms with Gasteiger partial charge in [-0.1, -0.05) is 19.1 Å². The minimum atomic E-state index is -0.905. The van der Waals surface area contributed by atoms with Crippen LogP contribution in [-0.4, -0.2) is 47.3 Å². The van der Waals surface area contributed by atoms with Crippen LogP contribution in [0.5, 0.6) is 5.75 Å². The normalized spacial score (nSPS) is 21.7. The molecule has 3 aromatic rings. The second-order valence-corrected chi connectivity index (χ2v) is 8.72. The van der Waals surface area contributed by atoms with Crippen molar-refractivity contribution in [2.75, 3.05) is 20.3 Å². The Morgan fingerprint density at radius 3 is 2.66 bits per heavy atom. The van der Waals surface area contributed by atoms with E-state index in [1.807, 2.05) is 25.3 Å². The van der Waals surface area contributed by atoms with E-state index in [9.17, 15) is 9.90 Å². The number of carboxylic acid groups (broad SMARTS) is 1. The number of nitrogens with zero attached hydrogens (tertiary/aromatic N) is 1. The molecule has 6 nitrogen and oxygen atoms in total. The highest BCUT2D eigenvalue weighted by Crippen LogP contribution is 2.39. The van der Waals surface area contributed by atoms with Crippen LogP contribution in [0.1, 0.15) is 53.4 Å². The standard InChI is InChI=1S/C26H32N2O4/c1-5-32-23-13-22(18-6-8-19(9-7-18)26(29)30)28(14-17(23)3)15-21-20-10-11-27-25(20)16(2)12-24(21)31-4/h6-12,17,22-23,27H,5,13-15H2,1-4H3,(H,29,30). The van der Waals surface area contributed by atoms with E-state index >= 15 is 0 Å². The lowest BCUT2D eigenvalue weighted by Gasteiger charge is -2.43. The van der Waals surface area contributed by atoms with Gasteiger partial charge in [0.05, 0.1) is 18.8 Å². The molecule has 2 aromatic carbocycles. The van der Waals surface area contributed by atoms with Gasteiger partial charge in [-0.2, -0.15) is 0 Å². The van der Waals surface area contributed by atoms with Crippen molar-refractivity contribution in [2.45, 2.75) is 45.9 Å². The molecular weight excluding hydrogens is 404 g/mol. The van der Waals surface area contributed by atoms with Crippen LogP contribution in [0.2, 0.25) is 0 Å². The molecule has 32 heavy (non-hydrogen) atoms. The summed E-state index contributed by atoms with van der Waals surface area (Å²) in [6, 6.07) is 11.6. The van der Waals surface area contributed by atoms with Gasteiger partial charge in [0.1, 0.15) is 5.75 Å². The molecule has 0 bridgehead atoms. The molecule has 3 atom stereocenters. The third kappa shape index (κ3) is 4.25. The maximum absolute atomic E-state index is 11.3. The van der Waals surface area contributed by atoms with E-state index in [0.29, 0.717) is 18.1 Å². The number of carbonyl (C=O) groups is 1. The number of fused-ring (bicyclic) bond motifs is 1. The number of nitrogens with one attached hydrogen (secondary N) is 1. The van der Waals surface area contributed by atoms with Crippen molar-refractivity contribution >= 4 is 16.9 Å². The minimum absolute atomic E-state index is 0.130. The number of ether oxygens (including phenoxy) is 2. The summed E-state index contributed by atoms with van der Waals surface area (Å²) in [5, 5.41) is 10.5. The molecule has 3 unspecified atom stereocenters. The number of hydrogen-bond donors (Lipinski definition) is 2. The smallest absolute Gasteiger partial charge is 0.335 e. The van der Waals surface area contributed by atoms with Crippen LogP contribution in [0.15, 0.2) is 42.6 Å². The fourth-order valence-electron chi connectivity index (χ4n) is 5.02. The van der Waals surface area contributed by atoms with Gasteiger partial charge in [0, 0.05) is 48.4 Å². The summed E-state index contributed by atoms with van der Waals surface area (Å²) in [4.78, 5) is 17.2. The zero-order valence-electron chi connectivity index (χ0n) is 19.2. The Labute approximate surface area is 189 Å². The van der Waals surface area contributed by atoms with Crippen LogP contribution in [0.25, 0.3) is 10.9 Å². The summed E-state index contributed by atoms with van der Waals surface area (Å²) in [7, 11) is 1.73. The fourth-order valence-corrected chi connectivity index (χ4v) is 5.02. The molecule has 2 heterocycles. The Morgan fingerprint density at radius 1 is 1.25 bits per heavy atom. The molecule has 170 valence electrons. The third-order valence-electron chi connectivity index (χ3n) is 6.67. The molecule has 4 rings (SSSR count). The maximum Gasteiger partial charge on any atom is 0.335 e. The molecule has 0 saturated carbocycles. The topological polar surface area (TPSA) is 74.8 Å². The van der Waals surface area contributed by atoms with Gasteiger partial charge in [-0.3, -0.25) is 4.90 Å². The summed E-state index contributed by atoms with van der Waals surface area (Å²) in [6.07, 6.45) is 3.02. The van der Waals surface area contributed by atoms with Crippen molar-refractivity contribution in [3.63, 3.8) is 0 Å². The number of likely N-dealkylation sites (tertiary alicyclic amines) is 1. The molecular formula is C26H32N2O4. The average molecular weight is 437 g/mol. The number of aromatic amines is 1. The molecule has 1 saturated heterocycles. The van der Waals surface area contributed by atoms with Crippen LogP contribution in [0.3, 0.4) is 0 Å². The Balaban J connectivity index is 1.72. The predicted molar refractivity (Wildman–Crippen MR) is 125 cm³/mol. The SMILES string of the molecule is CCOC1CC(c2ccc(C(=O)O)cc2)N(Cc2c(OC)cc(C)c3[nH]ccc23)CC1C. The second-order valence-electron chi connectivity index (χ2n) is 8.72. The van der Waals surface area contributed by atoms with Crippen LogP contribution >= 0.6 is 0 Å². The summed E-state index contributed by atoms with van der Waals surface area (Å²) in [6.45, 7) is 8.69. The molecule has 1 aliphatic heterocycles. The number of aromatic nitrogens is 1. The number of methoxy groups -OCH3 is 1.